The highest BCUT2D eigenvalue weighted by atomic mass is 35.5. The molecule has 5 heteroatoms. The third-order valence-corrected chi connectivity index (χ3v) is 3.36. The minimum atomic E-state index is -0.0502. The van der Waals surface area contributed by atoms with E-state index in [1.165, 1.54) is 0 Å². The lowest BCUT2D eigenvalue weighted by Gasteiger charge is -2.14. The van der Waals surface area contributed by atoms with Gasteiger partial charge in [0.25, 0.3) is 0 Å². The molecule has 1 amide bonds. The predicted octanol–water partition coefficient (Wildman–Crippen LogP) is 1.90. The molecule has 3 rings (SSSR count). The molecule has 3 heterocycles. The number of hydrogen-bond donors (Lipinski definition) is 1. The Kier molecular flexibility index (Phi) is 2.52. The number of nitrogens with one attached hydrogen (secondary N) is 1. The molecule has 17 heavy (non-hydrogen) atoms. The van der Waals surface area contributed by atoms with E-state index in [2.05, 4.69) is 9.97 Å². The quantitative estimate of drug-likeness (QED) is 0.827. The minimum absolute atomic E-state index is 0.0502. The molecule has 1 fully saturated rings. The number of amides is 1. The van der Waals surface area contributed by atoms with Gasteiger partial charge in [-0.3, -0.25) is 4.79 Å². The topological polar surface area (TPSA) is 49.0 Å². The number of pyridine rings is 1. The average molecular weight is 250 g/mol. The number of carbonyl (C=O) groups excluding carboxylic acids is 1. The van der Waals surface area contributed by atoms with E-state index in [9.17, 15) is 4.79 Å². The summed E-state index contributed by atoms with van der Waals surface area (Å²) < 4.78 is 0. The number of likely N-dealkylation sites (tertiary alicyclic amines) is 1. The first-order chi connectivity index (χ1) is 8.24. The number of aromatic nitrogens is 2. The Labute approximate surface area is 104 Å². The number of fused-ring (bicyclic) bond motifs is 1. The number of rotatable bonds is 2. The second kappa shape index (κ2) is 4.04. The molecule has 1 aliphatic rings. The van der Waals surface area contributed by atoms with Crippen LogP contribution in [0.5, 0.6) is 0 Å². The molecule has 4 nitrogen and oxygen atoms in total. The summed E-state index contributed by atoms with van der Waals surface area (Å²) in [5, 5.41) is 1.02. The number of halogens is 1. The van der Waals surface area contributed by atoms with E-state index < -0.39 is 0 Å². The van der Waals surface area contributed by atoms with E-state index in [0.717, 1.165) is 16.6 Å². The van der Waals surface area contributed by atoms with Gasteiger partial charge in [-0.25, -0.2) is 4.98 Å². The zero-order chi connectivity index (χ0) is 11.8. The van der Waals surface area contributed by atoms with Crippen LogP contribution >= 0.6 is 11.6 Å². The van der Waals surface area contributed by atoms with Crippen molar-refractivity contribution in [1.29, 1.82) is 0 Å². The molecule has 1 unspecified atom stereocenters. The number of carbonyl (C=O) groups is 1. The standard InChI is InChI=1S/C12H12ClN3O/c13-9-4-11(17)16(7-9)6-8-5-15-12-10(8)2-1-3-14-12/h1-3,5,9H,4,6-7H2,(H,14,15). The summed E-state index contributed by atoms with van der Waals surface area (Å²) in [5.41, 5.74) is 1.95. The maximum absolute atomic E-state index is 11.7. The van der Waals surface area contributed by atoms with Gasteiger partial charge >= 0.3 is 0 Å². The second-order valence-corrected chi connectivity index (χ2v) is 4.91. The highest BCUT2D eigenvalue weighted by Crippen LogP contribution is 2.22. The summed E-state index contributed by atoms with van der Waals surface area (Å²) in [7, 11) is 0. The van der Waals surface area contributed by atoms with Crippen LogP contribution in [0.25, 0.3) is 11.0 Å². The number of H-pyrrole nitrogens is 1. The molecule has 2 aromatic heterocycles. The van der Waals surface area contributed by atoms with Crippen molar-refractivity contribution in [2.45, 2.75) is 18.3 Å². The average Bonchev–Trinajstić information content (AvgIpc) is 2.85. The van der Waals surface area contributed by atoms with Crippen molar-refractivity contribution < 1.29 is 4.79 Å². The fraction of sp³-hybridized carbons (Fsp3) is 0.333. The van der Waals surface area contributed by atoms with Crippen molar-refractivity contribution in [3.05, 3.63) is 30.1 Å². The van der Waals surface area contributed by atoms with Gasteiger partial charge in [-0.15, -0.1) is 11.6 Å². The molecule has 2 aromatic rings. The van der Waals surface area contributed by atoms with Crippen LogP contribution in [0.4, 0.5) is 0 Å². The Balaban J connectivity index is 1.88. The SMILES string of the molecule is O=C1CC(Cl)CN1Cc1c[nH]c2ncccc12. The molecular formula is C12H12ClN3O. The largest absolute Gasteiger partial charge is 0.346 e. The highest BCUT2D eigenvalue weighted by molar-refractivity contribution is 6.22. The summed E-state index contributed by atoms with van der Waals surface area (Å²) >= 11 is 5.98. The van der Waals surface area contributed by atoms with Crippen LogP contribution in [0, 0.1) is 0 Å². The lowest BCUT2D eigenvalue weighted by molar-refractivity contribution is -0.128. The van der Waals surface area contributed by atoms with E-state index in [1.807, 2.05) is 18.3 Å². The van der Waals surface area contributed by atoms with Crippen molar-refractivity contribution >= 4 is 28.5 Å². The van der Waals surface area contributed by atoms with Gasteiger partial charge in [-0.1, -0.05) is 0 Å². The summed E-state index contributed by atoms with van der Waals surface area (Å²) in [6.07, 6.45) is 4.10. The molecule has 1 N–H and O–H groups in total. The van der Waals surface area contributed by atoms with Crippen LogP contribution in [0.15, 0.2) is 24.5 Å². The maximum atomic E-state index is 11.7. The summed E-state index contributed by atoms with van der Waals surface area (Å²) in [4.78, 5) is 20.8. The Morgan fingerprint density at radius 2 is 2.47 bits per heavy atom. The third-order valence-electron chi connectivity index (χ3n) is 3.07. The predicted molar refractivity (Wildman–Crippen MR) is 65.8 cm³/mol. The van der Waals surface area contributed by atoms with Crippen molar-refractivity contribution in [1.82, 2.24) is 14.9 Å². The number of alkyl halides is 1. The summed E-state index contributed by atoms with van der Waals surface area (Å²) in [6.45, 7) is 1.24. The molecule has 1 atom stereocenters. The van der Waals surface area contributed by atoms with Crippen molar-refractivity contribution in [3.8, 4) is 0 Å². The molecule has 0 radical (unpaired) electrons. The second-order valence-electron chi connectivity index (χ2n) is 4.29. The minimum Gasteiger partial charge on any atom is -0.346 e. The molecule has 88 valence electrons. The lowest BCUT2D eigenvalue weighted by Crippen LogP contribution is -2.24. The van der Waals surface area contributed by atoms with Gasteiger partial charge in [0.05, 0.1) is 5.38 Å². The molecule has 0 bridgehead atoms. The smallest absolute Gasteiger partial charge is 0.224 e. The monoisotopic (exact) mass is 249 g/mol. The Morgan fingerprint density at radius 3 is 3.24 bits per heavy atom. The molecule has 0 aromatic carbocycles. The van der Waals surface area contributed by atoms with E-state index in [4.69, 9.17) is 11.6 Å². The molecule has 0 saturated carbocycles. The normalized spacial score (nSPS) is 20.4. The van der Waals surface area contributed by atoms with Crippen LogP contribution in [-0.2, 0) is 11.3 Å². The zero-order valence-corrected chi connectivity index (χ0v) is 9.94. The van der Waals surface area contributed by atoms with Gasteiger partial charge in [-0.2, -0.15) is 0 Å². The Hall–Kier alpha value is -1.55. The van der Waals surface area contributed by atoms with Gasteiger partial charge < -0.3 is 9.88 Å². The van der Waals surface area contributed by atoms with Crippen LogP contribution in [-0.4, -0.2) is 32.7 Å². The molecule has 0 spiro atoms. The zero-order valence-electron chi connectivity index (χ0n) is 9.19. The van der Waals surface area contributed by atoms with Gasteiger partial charge in [-0.05, 0) is 17.7 Å². The van der Waals surface area contributed by atoms with Crippen LogP contribution in [0.1, 0.15) is 12.0 Å². The van der Waals surface area contributed by atoms with E-state index in [1.54, 1.807) is 11.1 Å². The fourth-order valence-corrected chi connectivity index (χ4v) is 2.52. The number of aromatic amines is 1. The van der Waals surface area contributed by atoms with Crippen LogP contribution in [0.2, 0.25) is 0 Å². The Morgan fingerprint density at radius 1 is 1.59 bits per heavy atom. The first kappa shape index (κ1) is 10.6. The van der Waals surface area contributed by atoms with Gasteiger partial charge in [0.2, 0.25) is 5.91 Å². The molecular weight excluding hydrogens is 238 g/mol. The lowest BCUT2D eigenvalue weighted by atomic mass is 10.2. The molecule has 1 saturated heterocycles. The van der Waals surface area contributed by atoms with Crippen LogP contribution < -0.4 is 0 Å². The molecule has 1 aliphatic heterocycles. The van der Waals surface area contributed by atoms with Gasteiger partial charge in [0, 0.05) is 37.3 Å². The number of hydrogen-bond acceptors (Lipinski definition) is 2. The maximum Gasteiger partial charge on any atom is 0.224 e. The third kappa shape index (κ3) is 1.89. The summed E-state index contributed by atoms with van der Waals surface area (Å²) in [5.74, 6) is 0.128. The van der Waals surface area contributed by atoms with Crippen molar-refractivity contribution in [2.75, 3.05) is 6.54 Å². The summed E-state index contributed by atoms with van der Waals surface area (Å²) in [6, 6.07) is 3.91. The van der Waals surface area contributed by atoms with E-state index >= 15 is 0 Å². The molecule has 0 aliphatic carbocycles. The fourth-order valence-electron chi connectivity index (χ4n) is 2.23. The first-order valence-electron chi connectivity index (χ1n) is 5.57. The van der Waals surface area contributed by atoms with Crippen molar-refractivity contribution in [2.24, 2.45) is 0 Å². The Bertz CT molecular complexity index is 566. The first-order valence-corrected chi connectivity index (χ1v) is 6.00. The van der Waals surface area contributed by atoms with Gasteiger partial charge in [0.15, 0.2) is 0 Å². The van der Waals surface area contributed by atoms with Crippen molar-refractivity contribution in [3.63, 3.8) is 0 Å². The van der Waals surface area contributed by atoms with Crippen LogP contribution in [0.3, 0.4) is 0 Å². The van der Waals surface area contributed by atoms with E-state index in [0.29, 0.717) is 19.5 Å². The van der Waals surface area contributed by atoms with Gasteiger partial charge in [0.1, 0.15) is 5.65 Å². The number of nitrogens with zero attached hydrogens (tertiary/aromatic N) is 2. The highest BCUT2D eigenvalue weighted by Gasteiger charge is 2.28. The van der Waals surface area contributed by atoms with E-state index in [-0.39, 0.29) is 11.3 Å².